The van der Waals surface area contributed by atoms with E-state index in [4.69, 9.17) is 9.72 Å². The van der Waals surface area contributed by atoms with Crippen LogP contribution in [-0.4, -0.2) is 49.3 Å². The van der Waals surface area contributed by atoms with E-state index >= 15 is 0 Å². The molecule has 5 aromatic rings. The molecule has 2 aliphatic rings. The summed E-state index contributed by atoms with van der Waals surface area (Å²) in [5.41, 5.74) is 8.01. The molecular weight excluding hydrogens is 468 g/mol. The first-order valence-electron chi connectivity index (χ1n) is 12.3. The summed E-state index contributed by atoms with van der Waals surface area (Å²) in [5.74, 6) is 0.703. The summed E-state index contributed by atoms with van der Waals surface area (Å²) in [6.45, 7) is 0.732. The number of rotatable bonds is 3. The molecule has 0 bridgehead atoms. The third-order valence-electron chi connectivity index (χ3n) is 7.43. The van der Waals surface area contributed by atoms with Gasteiger partial charge in [0, 0.05) is 29.3 Å². The third kappa shape index (κ3) is 3.38. The number of methoxy groups -OCH3 is 1. The number of nitrogens with zero attached hydrogens (tertiary/aromatic N) is 4. The maximum atomic E-state index is 13.6. The van der Waals surface area contributed by atoms with Crippen LogP contribution in [0.2, 0.25) is 0 Å². The second kappa shape index (κ2) is 8.19. The van der Waals surface area contributed by atoms with Gasteiger partial charge in [0.05, 0.1) is 30.7 Å². The Hall–Kier alpha value is -4.66. The molecule has 1 amide bonds. The molecule has 184 valence electrons. The monoisotopic (exact) mass is 492 g/mol. The molecule has 0 unspecified atom stereocenters. The number of ether oxygens (including phenoxy) is 1. The number of aryl methyl sites for hydroxylation is 1. The fourth-order valence-electron chi connectivity index (χ4n) is 5.49. The summed E-state index contributed by atoms with van der Waals surface area (Å²) in [7, 11) is 1.66. The van der Waals surface area contributed by atoms with Gasteiger partial charge >= 0.3 is 0 Å². The minimum Gasteiger partial charge on any atom is -0.497 e. The van der Waals surface area contributed by atoms with Crippen molar-refractivity contribution in [3.05, 3.63) is 93.0 Å². The van der Waals surface area contributed by atoms with Gasteiger partial charge in [-0.25, -0.2) is 9.50 Å². The van der Waals surface area contributed by atoms with E-state index in [1.165, 1.54) is 10.1 Å². The van der Waals surface area contributed by atoms with Gasteiger partial charge in [-0.05, 0) is 48.6 Å². The lowest BCUT2D eigenvalue weighted by Gasteiger charge is -2.28. The fourth-order valence-corrected chi connectivity index (χ4v) is 5.49. The van der Waals surface area contributed by atoms with Gasteiger partial charge in [-0.1, -0.05) is 30.3 Å². The highest BCUT2D eigenvalue weighted by Crippen LogP contribution is 2.36. The average Bonchev–Trinajstić information content (AvgIpc) is 3.57. The Labute approximate surface area is 211 Å². The standard InChI is InChI=1S/C28H24N6O3/c1-37-18-8-10-19-17(13-18)7-9-21-25(19)30-31-26(21)28(36)33-12-11-20-23(15-33)29-24-14-22(32-34(24)27(20)35)16-5-3-2-4-6-16/h2-6,8,10,13-14,32H,7,9,11-12,15H2,1H3,(H,30,31). The smallest absolute Gasteiger partial charge is 0.276 e. The fraction of sp³-hybridized carbons (Fsp3) is 0.214. The zero-order valence-electron chi connectivity index (χ0n) is 20.2. The molecule has 1 aliphatic heterocycles. The number of amides is 1. The number of benzene rings is 2. The molecule has 7 rings (SSSR count). The van der Waals surface area contributed by atoms with Crippen LogP contribution < -0.4 is 10.3 Å². The molecule has 0 radical (unpaired) electrons. The van der Waals surface area contributed by atoms with Crippen LogP contribution in [0.3, 0.4) is 0 Å². The van der Waals surface area contributed by atoms with Crippen molar-refractivity contribution in [1.82, 2.24) is 29.7 Å². The van der Waals surface area contributed by atoms with Crippen LogP contribution in [0.1, 0.15) is 32.9 Å². The molecule has 1 aliphatic carbocycles. The van der Waals surface area contributed by atoms with Crippen molar-refractivity contribution >= 4 is 11.6 Å². The SMILES string of the molecule is COc1ccc2c(c1)CCc1c-2n[nH]c1C(=O)N1CCc2c(nc3cc(-c4ccccc4)[nH]n3c2=O)C1. The number of hydrogen-bond acceptors (Lipinski definition) is 5. The normalized spacial score (nSPS) is 14.2. The summed E-state index contributed by atoms with van der Waals surface area (Å²) in [5, 5.41) is 10.7. The summed E-state index contributed by atoms with van der Waals surface area (Å²) in [4.78, 5) is 33.4. The molecule has 3 aromatic heterocycles. The van der Waals surface area contributed by atoms with Gasteiger partial charge in [0.15, 0.2) is 5.65 Å². The Morgan fingerprint density at radius 3 is 2.73 bits per heavy atom. The molecule has 9 heteroatoms. The lowest BCUT2D eigenvalue weighted by molar-refractivity contribution is 0.0724. The van der Waals surface area contributed by atoms with E-state index in [1.54, 1.807) is 12.0 Å². The summed E-state index contributed by atoms with van der Waals surface area (Å²) in [6.07, 6.45) is 1.99. The largest absolute Gasteiger partial charge is 0.497 e. The predicted octanol–water partition coefficient (Wildman–Crippen LogP) is 3.39. The maximum absolute atomic E-state index is 13.6. The van der Waals surface area contributed by atoms with Crippen molar-refractivity contribution in [3.8, 4) is 28.3 Å². The van der Waals surface area contributed by atoms with Crippen molar-refractivity contribution in [2.75, 3.05) is 13.7 Å². The number of carbonyl (C=O) groups excluding carboxylic acids is 1. The Morgan fingerprint density at radius 2 is 1.89 bits per heavy atom. The van der Waals surface area contributed by atoms with Gasteiger partial charge in [0.2, 0.25) is 0 Å². The Bertz CT molecular complexity index is 1750. The van der Waals surface area contributed by atoms with Gasteiger partial charge in [-0.2, -0.15) is 5.10 Å². The predicted molar refractivity (Wildman–Crippen MR) is 138 cm³/mol. The van der Waals surface area contributed by atoms with E-state index in [0.29, 0.717) is 35.6 Å². The zero-order chi connectivity index (χ0) is 25.1. The van der Waals surface area contributed by atoms with Crippen LogP contribution in [0.4, 0.5) is 0 Å². The third-order valence-corrected chi connectivity index (χ3v) is 7.43. The van der Waals surface area contributed by atoms with Crippen LogP contribution in [0.15, 0.2) is 59.4 Å². The van der Waals surface area contributed by atoms with E-state index in [2.05, 4.69) is 15.3 Å². The quantitative estimate of drug-likeness (QED) is 0.401. The number of fused-ring (bicyclic) bond motifs is 5. The highest BCUT2D eigenvalue weighted by Gasteiger charge is 2.31. The Morgan fingerprint density at radius 1 is 1.03 bits per heavy atom. The van der Waals surface area contributed by atoms with Crippen molar-refractivity contribution in [1.29, 1.82) is 0 Å². The number of H-pyrrole nitrogens is 2. The van der Waals surface area contributed by atoms with Gasteiger partial charge in [0.25, 0.3) is 11.5 Å². The van der Waals surface area contributed by atoms with E-state index in [1.807, 2.05) is 54.6 Å². The van der Waals surface area contributed by atoms with Crippen LogP contribution in [0.5, 0.6) is 5.75 Å². The molecule has 0 saturated carbocycles. The molecule has 4 heterocycles. The molecule has 2 aromatic carbocycles. The Balaban J connectivity index is 1.20. The van der Waals surface area contributed by atoms with E-state index in [0.717, 1.165) is 46.7 Å². The van der Waals surface area contributed by atoms with E-state index in [-0.39, 0.29) is 18.0 Å². The molecule has 0 saturated heterocycles. The molecule has 0 spiro atoms. The number of carbonyl (C=O) groups is 1. The molecule has 9 nitrogen and oxygen atoms in total. The molecule has 2 N–H and O–H groups in total. The summed E-state index contributed by atoms with van der Waals surface area (Å²) < 4.78 is 6.85. The van der Waals surface area contributed by atoms with Crippen LogP contribution in [-0.2, 0) is 25.8 Å². The maximum Gasteiger partial charge on any atom is 0.276 e. The van der Waals surface area contributed by atoms with Gasteiger partial charge < -0.3 is 9.64 Å². The summed E-state index contributed by atoms with van der Waals surface area (Å²) >= 11 is 0. The van der Waals surface area contributed by atoms with Crippen LogP contribution in [0, 0.1) is 0 Å². The first kappa shape index (κ1) is 21.6. The lowest BCUT2D eigenvalue weighted by Crippen LogP contribution is -2.40. The second-order valence-electron chi connectivity index (χ2n) is 9.50. The number of aromatic nitrogens is 5. The molecule has 0 atom stereocenters. The number of aromatic amines is 2. The minimum absolute atomic E-state index is 0.111. The first-order chi connectivity index (χ1) is 18.1. The van der Waals surface area contributed by atoms with Gasteiger partial charge in [0.1, 0.15) is 11.4 Å². The second-order valence-corrected chi connectivity index (χ2v) is 9.50. The highest BCUT2D eigenvalue weighted by atomic mass is 16.5. The van der Waals surface area contributed by atoms with Crippen molar-refractivity contribution in [2.45, 2.75) is 25.8 Å². The van der Waals surface area contributed by atoms with Gasteiger partial charge in [-0.15, -0.1) is 0 Å². The van der Waals surface area contributed by atoms with Crippen molar-refractivity contribution < 1.29 is 9.53 Å². The Kier molecular flexibility index (Phi) is 4.78. The summed E-state index contributed by atoms with van der Waals surface area (Å²) in [6, 6.07) is 17.6. The molecule has 37 heavy (non-hydrogen) atoms. The van der Waals surface area contributed by atoms with Crippen LogP contribution in [0.25, 0.3) is 28.2 Å². The van der Waals surface area contributed by atoms with E-state index < -0.39 is 0 Å². The number of hydrogen-bond donors (Lipinski definition) is 2. The minimum atomic E-state index is -0.114. The van der Waals surface area contributed by atoms with Crippen LogP contribution >= 0.6 is 0 Å². The first-order valence-corrected chi connectivity index (χ1v) is 12.3. The molecular formula is C28H24N6O3. The van der Waals surface area contributed by atoms with E-state index in [9.17, 15) is 9.59 Å². The highest BCUT2D eigenvalue weighted by molar-refractivity contribution is 5.96. The average molecular weight is 493 g/mol. The zero-order valence-corrected chi connectivity index (χ0v) is 20.2. The van der Waals surface area contributed by atoms with Crippen molar-refractivity contribution in [3.63, 3.8) is 0 Å². The van der Waals surface area contributed by atoms with Crippen molar-refractivity contribution in [2.24, 2.45) is 0 Å². The lowest BCUT2D eigenvalue weighted by atomic mass is 9.88. The number of nitrogens with one attached hydrogen (secondary N) is 2. The van der Waals surface area contributed by atoms with Gasteiger partial charge in [-0.3, -0.25) is 19.8 Å². The topological polar surface area (TPSA) is 108 Å². The molecule has 0 fully saturated rings.